The molecule has 4 aliphatic carbocycles. The van der Waals surface area contributed by atoms with Crippen molar-refractivity contribution < 1.29 is 61.1 Å². The number of benzene rings is 2. The first-order valence-electron chi connectivity index (χ1n) is 21.7. The predicted molar refractivity (Wildman–Crippen MR) is 231 cm³/mol. The highest BCUT2D eigenvalue weighted by molar-refractivity contribution is 7.93. The van der Waals surface area contributed by atoms with Crippen molar-refractivity contribution in [1.82, 2.24) is 24.5 Å². The van der Waals surface area contributed by atoms with Crippen LogP contribution < -0.4 is 0 Å². The molecule has 3 heterocycles. The molecule has 2 aromatic carbocycles. The Morgan fingerprint density at radius 2 is 1.62 bits per heavy atom. The van der Waals surface area contributed by atoms with Crippen molar-refractivity contribution in [1.29, 1.82) is 0 Å². The molecule has 0 saturated heterocycles. The maximum absolute atomic E-state index is 15.6. The van der Waals surface area contributed by atoms with E-state index in [0.29, 0.717) is 36.4 Å². The fourth-order valence-corrected chi connectivity index (χ4v) is 13.2. The first-order valence-corrected chi connectivity index (χ1v) is 25.5. The molecule has 5 aromatic rings. The van der Waals surface area contributed by atoms with Crippen molar-refractivity contribution in [3.63, 3.8) is 0 Å². The summed E-state index contributed by atoms with van der Waals surface area (Å²) in [4.78, 5) is 19.0. The fraction of sp³-hybridized carbons (Fsp3) is 0.478. The van der Waals surface area contributed by atoms with Gasteiger partial charge >= 0.3 is 6.18 Å². The van der Waals surface area contributed by atoms with E-state index in [1.54, 1.807) is 0 Å². The van der Waals surface area contributed by atoms with Gasteiger partial charge in [0.05, 0.1) is 38.7 Å². The van der Waals surface area contributed by atoms with Crippen LogP contribution in [0.2, 0.25) is 5.02 Å². The average molecular weight is 1010 g/mol. The van der Waals surface area contributed by atoms with Gasteiger partial charge in [0.15, 0.2) is 31.2 Å². The molecule has 4 aliphatic rings. The molecule has 0 aliphatic heterocycles. The van der Waals surface area contributed by atoms with E-state index in [-0.39, 0.29) is 67.8 Å². The van der Waals surface area contributed by atoms with Crippen LogP contribution in [0.5, 0.6) is 0 Å². The number of alkyl halides is 7. The molecule has 3 fully saturated rings. The molecule has 0 radical (unpaired) electrons. The molecule has 0 unspecified atom stereocenters. The minimum Gasteiger partial charge on any atom is -0.298 e. The number of hydrogen-bond acceptors (Lipinski definition) is 8. The molecule has 0 bridgehead atoms. The Morgan fingerprint density at radius 1 is 0.941 bits per heavy atom. The molecule has 362 valence electrons. The van der Waals surface area contributed by atoms with E-state index >= 15 is 8.78 Å². The van der Waals surface area contributed by atoms with E-state index < -0.39 is 132 Å². The van der Waals surface area contributed by atoms with E-state index in [0.717, 1.165) is 16.8 Å². The number of sulfone groups is 2. The zero-order valence-electron chi connectivity index (χ0n) is 36.2. The van der Waals surface area contributed by atoms with Crippen LogP contribution in [0.15, 0.2) is 42.5 Å². The zero-order valence-corrected chi connectivity index (χ0v) is 38.5. The largest absolute Gasteiger partial charge is 0.435 e. The number of nitrogens with zero attached hydrogens (tertiary/aromatic N) is 5. The third-order valence-corrected chi connectivity index (χ3v) is 17.8. The minimum atomic E-state index is -5.13. The fourth-order valence-electron chi connectivity index (χ4n) is 9.39. The van der Waals surface area contributed by atoms with Gasteiger partial charge in [0.1, 0.15) is 40.9 Å². The normalized spacial score (nSPS) is 19.5. The van der Waals surface area contributed by atoms with Gasteiger partial charge in [-0.25, -0.2) is 39.4 Å². The molecular weight excluding hydrogens is 973 g/mol. The third-order valence-electron chi connectivity index (χ3n) is 12.9. The Labute approximate surface area is 389 Å². The molecule has 0 amide bonds. The van der Waals surface area contributed by atoms with Crippen molar-refractivity contribution >= 4 is 48.0 Å². The standard InChI is InChI=1S/C46H41ClF9N5O5S2/c1-44(2,68(65,66)30-6-7-30)12-11-28-5-8-31(32-9-10-35(47)39-36(22-67(63,64)21-23-3-4-23)58-60(41(32)39)20-37(50)51)40(57-28)25(13-24-14-26(48)17-27(49)15-24)16-29(62)19-61-43-38(42(59-61)46(54,55)56)33-18-34(33)45(43,52)53/h5,8-10,14-15,17,23,25,30,33-34,37H,3-4,6-7,13,16,18-22H2,1-2H3/t25-,33+,34-/m1/s1. The third kappa shape index (κ3) is 9.28. The van der Waals surface area contributed by atoms with Gasteiger partial charge in [-0.1, -0.05) is 23.6 Å². The Balaban J connectivity index is 1.21. The lowest BCUT2D eigenvalue weighted by Gasteiger charge is -2.22. The molecule has 0 N–H and O–H groups in total. The lowest BCUT2D eigenvalue weighted by atomic mass is 9.86. The second-order valence-electron chi connectivity index (χ2n) is 18.7. The lowest BCUT2D eigenvalue weighted by Crippen LogP contribution is -2.33. The number of carbonyl (C=O) groups excluding carboxylic acids is 1. The molecule has 9 rings (SSSR count). The highest BCUT2D eigenvalue weighted by Crippen LogP contribution is 2.68. The van der Waals surface area contributed by atoms with E-state index in [9.17, 15) is 52.4 Å². The minimum absolute atomic E-state index is 0.00199. The van der Waals surface area contributed by atoms with Crippen molar-refractivity contribution in [3.05, 3.63) is 98.7 Å². The van der Waals surface area contributed by atoms with Crippen LogP contribution in [0.4, 0.5) is 39.5 Å². The summed E-state index contributed by atoms with van der Waals surface area (Å²) < 4.78 is 185. The smallest absolute Gasteiger partial charge is 0.298 e. The van der Waals surface area contributed by atoms with Crippen molar-refractivity contribution in [2.24, 2.45) is 11.8 Å². The lowest BCUT2D eigenvalue weighted by molar-refractivity contribution is -0.142. The van der Waals surface area contributed by atoms with Gasteiger partial charge in [-0.3, -0.25) is 14.2 Å². The number of aromatic nitrogens is 5. The summed E-state index contributed by atoms with van der Waals surface area (Å²) in [7, 11) is -7.60. The molecule has 0 spiro atoms. The monoisotopic (exact) mass is 1010 g/mol. The number of pyridine rings is 1. The Hall–Kier alpha value is -4.94. The Kier molecular flexibility index (Phi) is 11.9. The summed E-state index contributed by atoms with van der Waals surface area (Å²) in [5.74, 6) is -5.98. The summed E-state index contributed by atoms with van der Waals surface area (Å²) in [5.41, 5.74) is -3.63. The van der Waals surface area contributed by atoms with E-state index in [1.165, 1.54) is 38.1 Å². The topological polar surface area (TPSA) is 134 Å². The van der Waals surface area contributed by atoms with Crippen LogP contribution in [0.3, 0.4) is 0 Å². The van der Waals surface area contributed by atoms with Crippen molar-refractivity contribution in [3.8, 4) is 23.0 Å². The van der Waals surface area contributed by atoms with Crippen LogP contribution in [-0.4, -0.2) is 69.3 Å². The Morgan fingerprint density at radius 3 is 2.25 bits per heavy atom. The van der Waals surface area contributed by atoms with Crippen LogP contribution >= 0.6 is 11.6 Å². The number of hydrogen-bond donors (Lipinski definition) is 0. The van der Waals surface area contributed by atoms with Crippen LogP contribution in [-0.2, 0) is 61.8 Å². The maximum Gasteiger partial charge on any atom is 0.435 e. The van der Waals surface area contributed by atoms with Gasteiger partial charge in [-0.2, -0.15) is 32.1 Å². The first-order chi connectivity index (χ1) is 31.7. The predicted octanol–water partition coefficient (Wildman–Crippen LogP) is 9.74. The average Bonchev–Trinajstić information content (AvgIpc) is 4.14. The second kappa shape index (κ2) is 16.9. The van der Waals surface area contributed by atoms with Crippen molar-refractivity contribution in [2.75, 3.05) is 5.75 Å². The van der Waals surface area contributed by atoms with Gasteiger partial charge in [0.2, 0.25) is 0 Å². The second-order valence-corrected chi connectivity index (χ2v) is 24.0. The maximum atomic E-state index is 15.6. The van der Waals surface area contributed by atoms with Gasteiger partial charge in [0, 0.05) is 46.4 Å². The highest BCUT2D eigenvalue weighted by atomic mass is 35.5. The van der Waals surface area contributed by atoms with Crippen LogP contribution in [0, 0.1) is 35.3 Å². The summed E-state index contributed by atoms with van der Waals surface area (Å²) >= 11 is 6.71. The van der Waals surface area contributed by atoms with E-state index in [2.05, 4.69) is 22.0 Å². The molecule has 3 atom stereocenters. The molecule has 22 heteroatoms. The van der Waals surface area contributed by atoms with Gasteiger partial charge in [-0.05, 0) is 106 Å². The van der Waals surface area contributed by atoms with Gasteiger partial charge < -0.3 is 0 Å². The number of ketones is 1. The molecule has 3 saturated carbocycles. The molecule has 10 nitrogen and oxygen atoms in total. The molecule has 68 heavy (non-hydrogen) atoms. The number of halogens is 10. The van der Waals surface area contributed by atoms with Gasteiger partial charge in [-0.15, -0.1) is 0 Å². The summed E-state index contributed by atoms with van der Waals surface area (Å²) in [6.07, 6.45) is -7.25. The quantitative estimate of drug-likeness (QED) is 0.0705. The van der Waals surface area contributed by atoms with Crippen LogP contribution in [0.25, 0.3) is 22.0 Å². The molecular formula is C46H41ClF9N5O5S2. The number of Topliss-reactive ketones (excluding diaryl/α,β-unsaturated/α-hetero) is 1. The van der Waals surface area contributed by atoms with E-state index in [4.69, 9.17) is 16.6 Å². The number of fused-ring (bicyclic) bond motifs is 4. The molecule has 3 aromatic heterocycles. The van der Waals surface area contributed by atoms with Crippen molar-refractivity contribution in [2.45, 2.75) is 118 Å². The summed E-state index contributed by atoms with van der Waals surface area (Å²) in [6, 6.07) is 8.01. The SMILES string of the molecule is CC(C)(C#Cc1ccc(-c2ccc(Cl)c3c(CS(=O)(=O)CC4CC4)nn(CC(F)F)c23)c([C@@H](CC(=O)Cn2nc(C(F)(F)F)c3c2C(F)(F)[C@@H]2C[C@H]32)Cc2cc(F)cc(F)c2)n1)S(=O)(=O)C1CC1. The van der Waals surface area contributed by atoms with Gasteiger partial charge in [0.25, 0.3) is 12.3 Å². The zero-order chi connectivity index (χ0) is 49.0. The summed E-state index contributed by atoms with van der Waals surface area (Å²) in [5, 5.41) is 7.12. The number of carbonyl (C=O) groups is 1. The van der Waals surface area contributed by atoms with E-state index in [1.807, 2.05) is 0 Å². The highest BCUT2D eigenvalue weighted by Gasteiger charge is 2.68. The Bertz CT molecular complexity index is 3170. The summed E-state index contributed by atoms with van der Waals surface area (Å²) in [6.45, 7) is 0.676. The number of rotatable bonds is 16. The van der Waals surface area contributed by atoms with Crippen LogP contribution in [0.1, 0.15) is 104 Å². The first kappa shape index (κ1) is 48.1.